The molecule has 0 fully saturated rings. The van der Waals surface area contributed by atoms with Gasteiger partial charge >= 0.3 is 0 Å². The van der Waals surface area contributed by atoms with Gasteiger partial charge in [-0.1, -0.05) is 84.4 Å². The Morgan fingerprint density at radius 2 is 1.09 bits per heavy atom. The topological polar surface area (TPSA) is 16.1 Å². The second-order valence-electron chi connectivity index (χ2n) is 11.6. The molecule has 7 aromatic rings. The molecule has 47 heavy (non-hydrogen) atoms. The van der Waals surface area contributed by atoms with Gasteiger partial charge in [0.15, 0.2) is 0 Å². The van der Waals surface area contributed by atoms with Crippen molar-refractivity contribution in [2.24, 2.45) is 0 Å². The number of hydrogen-bond acceptors (Lipinski definition) is 2. The number of benzene rings is 6. The van der Waals surface area contributed by atoms with Crippen LogP contribution in [0.5, 0.6) is 0 Å². The normalized spacial score (nSPS) is 10.7. The predicted molar refractivity (Wildman–Crippen MR) is 191 cm³/mol. The average molecular weight is 785 g/mol. The van der Waals surface area contributed by atoms with E-state index in [9.17, 15) is 0 Å². The number of pyridine rings is 1. The van der Waals surface area contributed by atoms with Crippen molar-refractivity contribution in [2.75, 3.05) is 4.90 Å². The molecule has 232 valence electrons. The largest absolute Gasteiger partial charge is 0.347 e. The maximum atomic E-state index is 4.75. The Kier molecular flexibility index (Phi) is 9.62. The molecule has 0 radical (unpaired) electrons. The Bertz CT molecular complexity index is 1990. The average Bonchev–Trinajstić information content (AvgIpc) is 3.11. The van der Waals surface area contributed by atoms with Gasteiger partial charge in [0.2, 0.25) is 0 Å². The van der Waals surface area contributed by atoms with Gasteiger partial charge in [0, 0.05) is 32.9 Å². The first kappa shape index (κ1) is 31.9. The molecule has 0 saturated carbocycles. The predicted octanol–water partition coefficient (Wildman–Crippen LogP) is 11.5. The summed E-state index contributed by atoms with van der Waals surface area (Å²) in [5, 5.41) is 0. The Balaban J connectivity index is 0.00000386. The van der Waals surface area contributed by atoms with E-state index in [0.717, 1.165) is 56.1 Å². The SMILES string of the molecule is Cc1cc(C)c(N(c2[c-]c(-c3[c-]ccc(-c4ccccc4)c3)ccc2)c2[c-]c(-c3cc(-c4ccccc4)ccn3)ccc2)c(C)c1.[Pt]. The van der Waals surface area contributed by atoms with Crippen molar-refractivity contribution in [1.82, 2.24) is 4.98 Å². The summed E-state index contributed by atoms with van der Waals surface area (Å²) in [4.78, 5) is 7.03. The van der Waals surface area contributed by atoms with E-state index in [-0.39, 0.29) is 21.1 Å². The van der Waals surface area contributed by atoms with E-state index in [0.29, 0.717) is 0 Å². The first-order chi connectivity index (χ1) is 22.5. The number of anilines is 3. The summed E-state index contributed by atoms with van der Waals surface area (Å²) in [5.41, 5.74) is 15.0. The molecule has 0 atom stereocenters. The summed E-state index contributed by atoms with van der Waals surface area (Å²) in [6.45, 7) is 6.50. The van der Waals surface area contributed by atoms with E-state index in [1.165, 1.54) is 22.3 Å². The fourth-order valence-electron chi connectivity index (χ4n) is 6.20. The number of rotatable bonds is 7. The first-order valence-corrected chi connectivity index (χ1v) is 15.6. The van der Waals surface area contributed by atoms with Gasteiger partial charge in [-0.3, -0.25) is 0 Å². The second kappa shape index (κ2) is 14.2. The van der Waals surface area contributed by atoms with Crippen molar-refractivity contribution >= 4 is 17.1 Å². The van der Waals surface area contributed by atoms with Gasteiger partial charge in [-0.15, -0.1) is 47.5 Å². The Labute approximate surface area is 292 Å². The molecule has 0 N–H and O–H groups in total. The molecule has 0 bridgehead atoms. The Morgan fingerprint density at radius 3 is 1.72 bits per heavy atom. The van der Waals surface area contributed by atoms with Gasteiger partial charge in [0.25, 0.3) is 0 Å². The molecular formula is C44H33N2Pt-3. The molecule has 0 spiro atoms. The third-order valence-corrected chi connectivity index (χ3v) is 8.24. The molecule has 1 aromatic heterocycles. The summed E-state index contributed by atoms with van der Waals surface area (Å²) < 4.78 is 0. The zero-order chi connectivity index (χ0) is 31.5. The number of aryl methyl sites for hydroxylation is 3. The van der Waals surface area contributed by atoms with Crippen molar-refractivity contribution in [2.45, 2.75) is 20.8 Å². The summed E-state index contributed by atoms with van der Waals surface area (Å²) in [6, 6.07) is 59.4. The molecular weight excluding hydrogens is 752 g/mol. The molecule has 0 aliphatic rings. The zero-order valence-corrected chi connectivity index (χ0v) is 28.8. The van der Waals surface area contributed by atoms with E-state index < -0.39 is 0 Å². The van der Waals surface area contributed by atoms with Crippen LogP contribution in [0.25, 0.3) is 44.6 Å². The van der Waals surface area contributed by atoms with Crippen molar-refractivity contribution in [3.8, 4) is 44.6 Å². The fraction of sp³-hybridized carbons (Fsp3) is 0.0682. The summed E-state index contributed by atoms with van der Waals surface area (Å²) in [5.74, 6) is 0. The van der Waals surface area contributed by atoms with Crippen LogP contribution in [0, 0.1) is 39.0 Å². The molecule has 6 aromatic carbocycles. The Hall–Kier alpha value is -5.04. The molecule has 7 rings (SSSR count). The van der Waals surface area contributed by atoms with Gasteiger partial charge < -0.3 is 9.88 Å². The molecule has 0 saturated heterocycles. The third-order valence-electron chi connectivity index (χ3n) is 8.24. The van der Waals surface area contributed by atoms with Crippen molar-refractivity contribution in [3.63, 3.8) is 0 Å². The molecule has 3 heteroatoms. The van der Waals surface area contributed by atoms with Crippen LogP contribution in [0.1, 0.15) is 16.7 Å². The van der Waals surface area contributed by atoms with Gasteiger partial charge in [0.05, 0.1) is 0 Å². The Morgan fingerprint density at radius 1 is 0.511 bits per heavy atom. The van der Waals surface area contributed by atoms with Crippen LogP contribution in [0.3, 0.4) is 0 Å². The maximum Gasteiger partial charge on any atom is 0.0487 e. The minimum Gasteiger partial charge on any atom is -0.347 e. The van der Waals surface area contributed by atoms with Crippen LogP contribution < -0.4 is 4.90 Å². The van der Waals surface area contributed by atoms with Crippen LogP contribution in [0.2, 0.25) is 0 Å². The van der Waals surface area contributed by atoms with Gasteiger partial charge in [-0.25, -0.2) is 11.1 Å². The zero-order valence-electron chi connectivity index (χ0n) is 26.6. The molecule has 0 unspecified atom stereocenters. The van der Waals surface area contributed by atoms with Gasteiger partial charge in [-0.05, 0) is 71.7 Å². The number of hydrogen-bond donors (Lipinski definition) is 0. The van der Waals surface area contributed by atoms with Gasteiger partial charge in [0.1, 0.15) is 0 Å². The van der Waals surface area contributed by atoms with Gasteiger partial charge in [-0.2, -0.15) is 36.4 Å². The van der Waals surface area contributed by atoms with E-state index in [4.69, 9.17) is 4.98 Å². The molecule has 0 aliphatic carbocycles. The molecule has 2 nitrogen and oxygen atoms in total. The van der Waals surface area contributed by atoms with Crippen LogP contribution in [-0.4, -0.2) is 4.98 Å². The van der Waals surface area contributed by atoms with Crippen molar-refractivity contribution in [1.29, 1.82) is 0 Å². The molecule has 1 heterocycles. The second-order valence-corrected chi connectivity index (χ2v) is 11.6. The van der Waals surface area contributed by atoms with E-state index in [2.05, 4.69) is 165 Å². The summed E-state index contributed by atoms with van der Waals surface area (Å²) in [6.07, 6.45) is 1.88. The number of aromatic nitrogens is 1. The van der Waals surface area contributed by atoms with E-state index in [1.807, 2.05) is 24.4 Å². The molecule has 0 amide bonds. The van der Waals surface area contributed by atoms with Crippen LogP contribution in [0.4, 0.5) is 17.1 Å². The van der Waals surface area contributed by atoms with E-state index >= 15 is 0 Å². The quantitative estimate of drug-likeness (QED) is 0.150. The minimum atomic E-state index is 0. The monoisotopic (exact) mass is 784 g/mol. The fourth-order valence-corrected chi connectivity index (χ4v) is 6.20. The van der Waals surface area contributed by atoms with Crippen LogP contribution in [-0.2, 0) is 21.1 Å². The molecule has 0 aliphatic heterocycles. The van der Waals surface area contributed by atoms with Crippen LogP contribution >= 0.6 is 0 Å². The minimum absolute atomic E-state index is 0. The smallest absolute Gasteiger partial charge is 0.0487 e. The van der Waals surface area contributed by atoms with Crippen molar-refractivity contribution < 1.29 is 21.1 Å². The first-order valence-electron chi connectivity index (χ1n) is 15.6. The van der Waals surface area contributed by atoms with Crippen molar-refractivity contribution in [3.05, 3.63) is 181 Å². The maximum absolute atomic E-state index is 4.75. The third kappa shape index (κ3) is 6.89. The van der Waals surface area contributed by atoms with Crippen LogP contribution in [0.15, 0.2) is 146 Å². The summed E-state index contributed by atoms with van der Waals surface area (Å²) in [7, 11) is 0. The standard InChI is InChI=1S/C44H33N2.Pt/c1-31-25-32(2)44(33(3)26-31)46(41-21-11-19-38(28-41)37-18-10-17-36(27-37)34-13-6-4-7-14-34)42-22-12-20-40(29-42)43-30-39(23-24-45-43)35-15-8-5-9-16-35;/h4-17,19-27,30H,1-3H3;/q-3;. The summed E-state index contributed by atoms with van der Waals surface area (Å²) >= 11 is 0. The number of nitrogens with zero attached hydrogens (tertiary/aromatic N) is 2. The van der Waals surface area contributed by atoms with E-state index in [1.54, 1.807) is 0 Å².